The monoisotopic (exact) mass is 328 g/mol. The Hall–Kier alpha value is -2.69. The van der Waals surface area contributed by atoms with Crippen molar-refractivity contribution >= 4 is 17.5 Å². The molecule has 0 aliphatic heterocycles. The summed E-state index contributed by atoms with van der Waals surface area (Å²) in [6, 6.07) is 11.4. The first-order valence-electron chi connectivity index (χ1n) is 7.77. The normalized spacial score (nSPS) is 10.3. The van der Waals surface area contributed by atoms with Gasteiger partial charge in [-0.25, -0.2) is 4.39 Å². The molecule has 5 heteroatoms. The van der Waals surface area contributed by atoms with Crippen LogP contribution in [0.4, 0.5) is 10.1 Å². The molecule has 0 aliphatic rings. The average Bonchev–Trinajstić information content (AvgIpc) is 2.53. The molecule has 4 nitrogen and oxygen atoms in total. The molecular weight excluding hydrogens is 307 g/mol. The quantitative estimate of drug-likeness (QED) is 0.916. The first-order valence-corrected chi connectivity index (χ1v) is 7.77. The zero-order chi connectivity index (χ0) is 17.7. The number of nitrogens with one attached hydrogen (secondary N) is 1. The number of aryl methyl sites for hydroxylation is 2. The molecule has 0 saturated heterocycles. The predicted molar refractivity (Wildman–Crippen MR) is 92.7 cm³/mol. The largest absolute Gasteiger partial charge is 0.350 e. The highest BCUT2D eigenvalue weighted by Crippen LogP contribution is 2.21. The van der Waals surface area contributed by atoms with Crippen molar-refractivity contribution in [2.24, 2.45) is 0 Å². The Balaban J connectivity index is 2.03. The molecule has 0 radical (unpaired) electrons. The van der Waals surface area contributed by atoms with Gasteiger partial charge in [0.2, 0.25) is 5.91 Å². The molecule has 0 spiro atoms. The molecule has 0 heterocycles. The Labute approximate surface area is 141 Å². The van der Waals surface area contributed by atoms with E-state index in [2.05, 4.69) is 5.32 Å². The Bertz CT molecular complexity index is 759. The van der Waals surface area contributed by atoms with E-state index in [1.54, 1.807) is 11.0 Å². The summed E-state index contributed by atoms with van der Waals surface area (Å²) in [4.78, 5) is 25.6. The maximum Gasteiger partial charge on any atom is 0.251 e. The van der Waals surface area contributed by atoms with Crippen LogP contribution in [0.5, 0.6) is 0 Å². The molecule has 0 aromatic heterocycles. The van der Waals surface area contributed by atoms with E-state index in [0.29, 0.717) is 6.54 Å². The summed E-state index contributed by atoms with van der Waals surface area (Å²) in [6.45, 7) is 6.03. The summed E-state index contributed by atoms with van der Waals surface area (Å²) in [7, 11) is 0. The topological polar surface area (TPSA) is 49.4 Å². The van der Waals surface area contributed by atoms with Gasteiger partial charge in [-0.3, -0.25) is 9.59 Å². The van der Waals surface area contributed by atoms with Gasteiger partial charge in [0.1, 0.15) is 5.82 Å². The number of rotatable bonds is 5. The minimum Gasteiger partial charge on any atom is -0.350 e. The predicted octanol–water partition coefficient (Wildman–Crippen LogP) is 3.23. The SMILES string of the molecule is CC(=O)N(CCNC(=O)c1cccc(F)c1)c1cc(C)ccc1C. The Morgan fingerprint density at radius 1 is 1.12 bits per heavy atom. The van der Waals surface area contributed by atoms with Gasteiger partial charge in [0, 0.05) is 31.3 Å². The molecule has 0 saturated carbocycles. The first kappa shape index (κ1) is 17.7. The van der Waals surface area contributed by atoms with E-state index >= 15 is 0 Å². The number of nitrogens with zero attached hydrogens (tertiary/aromatic N) is 1. The van der Waals surface area contributed by atoms with E-state index in [4.69, 9.17) is 0 Å². The molecule has 0 unspecified atom stereocenters. The van der Waals surface area contributed by atoms with Crippen molar-refractivity contribution in [3.8, 4) is 0 Å². The Morgan fingerprint density at radius 3 is 2.54 bits per heavy atom. The van der Waals surface area contributed by atoms with Gasteiger partial charge in [-0.1, -0.05) is 18.2 Å². The van der Waals surface area contributed by atoms with Crippen molar-refractivity contribution in [2.75, 3.05) is 18.0 Å². The summed E-state index contributed by atoms with van der Waals surface area (Å²) in [5.41, 5.74) is 3.15. The fourth-order valence-electron chi connectivity index (χ4n) is 2.47. The second-order valence-electron chi connectivity index (χ2n) is 5.73. The van der Waals surface area contributed by atoms with E-state index in [1.165, 1.54) is 25.1 Å². The fraction of sp³-hybridized carbons (Fsp3) is 0.263. The fourth-order valence-corrected chi connectivity index (χ4v) is 2.47. The second kappa shape index (κ2) is 7.73. The van der Waals surface area contributed by atoms with Gasteiger partial charge in [0.25, 0.3) is 5.91 Å². The van der Waals surface area contributed by atoms with Crippen LogP contribution in [-0.4, -0.2) is 24.9 Å². The molecule has 24 heavy (non-hydrogen) atoms. The van der Waals surface area contributed by atoms with Gasteiger partial charge in [0.15, 0.2) is 0 Å². The minimum absolute atomic E-state index is 0.0938. The summed E-state index contributed by atoms with van der Waals surface area (Å²) in [5.74, 6) is -0.911. The highest BCUT2D eigenvalue weighted by molar-refractivity contribution is 5.95. The molecule has 126 valence electrons. The molecule has 0 atom stereocenters. The zero-order valence-electron chi connectivity index (χ0n) is 14.1. The second-order valence-corrected chi connectivity index (χ2v) is 5.73. The van der Waals surface area contributed by atoms with Crippen LogP contribution >= 0.6 is 0 Å². The number of benzene rings is 2. The van der Waals surface area contributed by atoms with Crippen LogP contribution in [0.25, 0.3) is 0 Å². The van der Waals surface area contributed by atoms with Crippen molar-refractivity contribution in [3.05, 3.63) is 65.0 Å². The third kappa shape index (κ3) is 4.41. The molecule has 0 bridgehead atoms. The third-order valence-electron chi connectivity index (χ3n) is 3.74. The van der Waals surface area contributed by atoms with Gasteiger partial charge in [0.05, 0.1) is 0 Å². The van der Waals surface area contributed by atoms with Gasteiger partial charge in [-0.05, 0) is 49.2 Å². The highest BCUT2D eigenvalue weighted by Gasteiger charge is 2.14. The van der Waals surface area contributed by atoms with E-state index < -0.39 is 5.82 Å². The Kier molecular flexibility index (Phi) is 5.68. The van der Waals surface area contributed by atoms with Crippen molar-refractivity contribution in [1.82, 2.24) is 5.32 Å². The molecule has 0 fully saturated rings. The number of hydrogen-bond donors (Lipinski definition) is 1. The van der Waals surface area contributed by atoms with E-state index in [9.17, 15) is 14.0 Å². The van der Waals surface area contributed by atoms with Crippen LogP contribution in [0, 0.1) is 19.7 Å². The lowest BCUT2D eigenvalue weighted by atomic mass is 10.1. The molecule has 0 aliphatic carbocycles. The van der Waals surface area contributed by atoms with E-state index in [0.717, 1.165) is 16.8 Å². The summed E-state index contributed by atoms with van der Waals surface area (Å²) < 4.78 is 13.2. The maximum absolute atomic E-state index is 13.2. The standard InChI is InChI=1S/C19H21FN2O2/c1-13-7-8-14(2)18(11-13)22(15(3)23)10-9-21-19(24)16-5-4-6-17(20)12-16/h4-8,11-12H,9-10H2,1-3H3,(H,21,24). The average molecular weight is 328 g/mol. The number of amides is 2. The van der Waals surface area contributed by atoms with Crippen LogP contribution < -0.4 is 10.2 Å². The lowest BCUT2D eigenvalue weighted by molar-refractivity contribution is -0.116. The number of anilines is 1. The highest BCUT2D eigenvalue weighted by atomic mass is 19.1. The summed E-state index contributed by atoms with van der Waals surface area (Å²) in [6.07, 6.45) is 0. The van der Waals surface area contributed by atoms with Crippen molar-refractivity contribution in [3.63, 3.8) is 0 Å². The van der Waals surface area contributed by atoms with Gasteiger partial charge in [-0.15, -0.1) is 0 Å². The smallest absolute Gasteiger partial charge is 0.251 e. The first-order chi connectivity index (χ1) is 11.4. The van der Waals surface area contributed by atoms with E-state index in [1.807, 2.05) is 32.0 Å². The molecule has 2 aromatic carbocycles. The molecular formula is C19H21FN2O2. The van der Waals surface area contributed by atoms with Gasteiger partial charge in [-0.2, -0.15) is 0 Å². The lowest BCUT2D eigenvalue weighted by Crippen LogP contribution is -2.38. The van der Waals surface area contributed by atoms with Crippen molar-refractivity contribution in [1.29, 1.82) is 0 Å². The summed E-state index contributed by atoms with van der Waals surface area (Å²) >= 11 is 0. The number of hydrogen-bond acceptors (Lipinski definition) is 2. The lowest BCUT2D eigenvalue weighted by Gasteiger charge is -2.23. The van der Waals surface area contributed by atoms with Crippen LogP contribution in [0.1, 0.15) is 28.4 Å². The van der Waals surface area contributed by atoms with Gasteiger partial charge < -0.3 is 10.2 Å². The van der Waals surface area contributed by atoms with Crippen LogP contribution in [0.2, 0.25) is 0 Å². The van der Waals surface area contributed by atoms with Crippen LogP contribution in [0.3, 0.4) is 0 Å². The van der Waals surface area contributed by atoms with Crippen LogP contribution in [0.15, 0.2) is 42.5 Å². The molecule has 2 aromatic rings. The zero-order valence-corrected chi connectivity index (χ0v) is 14.1. The maximum atomic E-state index is 13.2. The number of carbonyl (C=O) groups excluding carboxylic acids is 2. The Morgan fingerprint density at radius 2 is 1.88 bits per heavy atom. The van der Waals surface area contributed by atoms with Crippen LogP contribution in [-0.2, 0) is 4.79 Å². The summed E-state index contributed by atoms with van der Waals surface area (Å²) in [5, 5.41) is 2.72. The van der Waals surface area contributed by atoms with Crippen molar-refractivity contribution < 1.29 is 14.0 Å². The minimum atomic E-state index is -0.455. The third-order valence-corrected chi connectivity index (χ3v) is 3.74. The number of carbonyl (C=O) groups is 2. The number of halogens is 1. The van der Waals surface area contributed by atoms with Crippen molar-refractivity contribution in [2.45, 2.75) is 20.8 Å². The van der Waals surface area contributed by atoms with E-state index in [-0.39, 0.29) is 23.9 Å². The van der Waals surface area contributed by atoms with Gasteiger partial charge >= 0.3 is 0 Å². The molecule has 2 amide bonds. The molecule has 2 rings (SSSR count). The molecule has 1 N–H and O–H groups in total.